The Kier molecular flexibility index (Phi) is 41.4. The molecule has 0 bridgehead atoms. The molecule has 0 amide bonds. The number of nitrogens with zero attached hydrogens (tertiary/aromatic N) is 6. The summed E-state index contributed by atoms with van der Waals surface area (Å²) in [5.74, 6) is 17.8. The standard InChI is InChI=1S/C12H23NO2S.C12H23NOS.C12H23NS.C11H23N.C10H19NO2S.C10H21N.C8H17N.C8H16/c1-10(2)9-11-5-7-13(8-6-11)16(14,15)12-3-4-12;1-10(2)8-11-6-7-13(9-11)15(3,14)12-4-5-12;1-10(2)8-11-4-3-7-13(9-11)14-12-5-6-12;1-4-12-7-5-11(6-8-12)9-10(2)3;1-8(2)5-9-6-11(7-9)14(12,13)10-3-4-10;1-4-11-6-5-10(8-11)7-9(2)3;1-7(2)5-8-3-4-9-6-8;1-7(2)6-8-4-3-5-8/h10-12H,3-9H2,1-2H3;10-12H,3-9H2,1-2H3;10-12H,3-9H2,1-2H3;10-11H,4-9H2,1-3H3;8-10H,3-7H2,1-2H3;9-10H,4-8H2,1-3H3;7-9H,3-6H2,1-2H3;7-8H,3-6H2,1-2H3. The van der Waals surface area contributed by atoms with Gasteiger partial charge in [-0.1, -0.05) is 156 Å². The van der Waals surface area contributed by atoms with Crippen LogP contribution in [-0.4, -0.2) is 180 Å². The first kappa shape index (κ1) is 89.6. The zero-order valence-corrected chi connectivity index (χ0v) is 71.5. The van der Waals surface area contributed by atoms with Crippen LogP contribution >= 0.6 is 11.9 Å². The van der Waals surface area contributed by atoms with Crippen LogP contribution in [0.5, 0.6) is 0 Å². The first-order valence-electron chi connectivity index (χ1n) is 42.4. The third-order valence-corrected chi connectivity index (χ3v) is 31.8. The second-order valence-corrected chi connectivity index (χ2v) is 45.6. The molecule has 7 heterocycles. The Balaban J connectivity index is 0.000000206. The summed E-state index contributed by atoms with van der Waals surface area (Å²) in [6.45, 7) is 59.4. The van der Waals surface area contributed by atoms with Crippen LogP contribution in [0.1, 0.15) is 304 Å². The molecule has 7 aliphatic heterocycles. The van der Waals surface area contributed by atoms with E-state index in [2.05, 4.69) is 166 Å². The van der Waals surface area contributed by atoms with Gasteiger partial charge in [-0.3, -0.25) is 8.51 Å². The van der Waals surface area contributed by atoms with Gasteiger partial charge in [0.25, 0.3) is 0 Å². The van der Waals surface area contributed by atoms with Crippen LogP contribution in [0.15, 0.2) is 0 Å². The van der Waals surface area contributed by atoms with E-state index in [0.717, 1.165) is 185 Å². The molecule has 7 saturated heterocycles. The van der Waals surface area contributed by atoms with E-state index in [1.807, 2.05) is 0 Å². The molecule has 12 aliphatic rings. The Bertz CT molecular complexity index is 2440. The lowest BCUT2D eigenvalue weighted by Gasteiger charge is -2.39. The van der Waals surface area contributed by atoms with Crippen molar-refractivity contribution < 1.29 is 21.0 Å². The van der Waals surface area contributed by atoms with Crippen LogP contribution in [0.25, 0.3) is 0 Å². The van der Waals surface area contributed by atoms with Crippen LogP contribution < -0.4 is 5.32 Å². The van der Waals surface area contributed by atoms with Crippen molar-refractivity contribution in [1.82, 2.24) is 32.3 Å². The van der Waals surface area contributed by atoms with Crippen LogP contribution in [0.3, 0.4) is 0 Å². The Labute approximate surface area is 621 Å². The summed E-state index contributed by atoms with van der Waals surface area (Å²) in [7, 11) is -7.67. The highest BCUT2D eigenvalue weighted by atomic mass is 32.2. The lowest BCUT2D eigenvalue weighted by Crippen LogP contribution is -2.51. The van der Waals surface area contributed by atoms with E-state index in [-0.39, 0.29) is 10.5 Å². The fourth-order valence-corrected chi connectivity index (χ4v) is 24.3. The SMILES string of the molecule is C=S(=O)(C1CC1)N1CCC(CC(C)C)C1.CC(C)CC1CCC1.CC(C)CC1CCCN(SC2CC2)C1.CC(C)CC1CCN(S(=O)(=O)C2CC2)CC1.CC(C)CC1CCNC1.CC(C)CC1CN(S(=O)(=O)C2CC2)C1.CCN1CCC(CC(C)C)C1.CCN1CCC(CC(C)C)CC1. The molecular formula is C83H165N7O5S4. The summed E-state index contributed by atoms with van der Waals surface area (Å²) in [4.78, 5) is 5.13. The predicted octanol–water partition coefficient (Wildman–Crippen LogP) is 19.0. The Morgan fingerprint density at radius 1 is 0.343 bits per heavy atom. The Hall–Kier alpha value is -0.0100. The van der Waals surface area contributed by atoms with E-state index >= 15 is 0 Å². The Morgan fingerprint density at radius 3 is 1.10 bits per heavy atom. The number of hydrogen-bond donors (Lipinski definition) is 1. The molecule has 12 nitrogen and oxygen atoms in total. The fourth-order valence-electron chi connectivity index (χ4n) is 17.0. The summed E-state index contributed by atoms with van der Waals surface area (Å²) in [6, 6.07) is 0. The lowest BCUT2D eigenvalue weighted by molar-refractivity contribution is 0.174. The first-order valence-corrected chi connectivity index (χ1v) is 48.0. The van der Waals surface area contributed by atoms with E-state index in [4.69, 9.17) is 0 Å². The summed E-state index contributed by atoms with van der Waals surface area (Å²) >= 11 is 2.15. The molecule has 0 aromatic carbocycles. The van der Waals surface area contributed by atoms with Gasteiger partial charge in [-0.15, -0.1) is 0 Å². The van der Waals surface area contributed by atoms with Crippen molar-refractivity contribution in [2.45, 2.75) is 325 Å². The van der Waals surface area contributed by atoms with E-state index < -0.39 is 29.8 Å². The van der Waals surface area contributed by atoms with Crippen LogP contribution in [-0.2, 0) is 29.8 Å². The van der Waals surface area contributed by atoms with Gasteiger partial charge in [0.05, 0.1) is 10.5 Å². The largest absolute Gasteiger partial charge is 0.316 e. The molecule has 5 atom stereocenters. The number of sulfonamides is 2. The van der Waals surface area contributed by atoms with Crippen molar-refractivity contribution in [3.63, 3.8) is 0 Å². The van der Waals surface area contributed by atoms with E-state index in [1.54, 1.807) is 8.61 Å². The summed E-state index contributed by atoms with van der Waals surface area (Å²) in [5, 5.41) is 4.72. The van der Waals surface area contributed by atoms with Crippen LogP contribution in [0.4, 0.5) is 0 Å². The normalized spacial score (nSPS) is 26.6. The number of rotatable bonds is 26. The molecule has 5 aliphatic carbocycles. The zero-order chi connectivity index (χ0) is 73.0. The molecule has 5 unspecified atom stereocenters. The van der Waals surface area contributed by atoms with E-state index in [0.29, 0.717) is 17.1 Å². The highest BCUT2D eigenvalue weighted by Crippen LogP contribution is 2.41. The van der Waals surface area contributed by atoms with Gasteiger partial charge in [0, 0.05) is 79.1 Å². The van der Waals surface area contributed by atoms with Crippen molar-refractivity contribution in [3.8, 4) is 0 Å². The monoisotopic (exact) mass is 1470 g/mol. The summed E-state index contributed by atoms with van der Waals surface area (Å²) in [6.07, 6.45) is 36.1. The van der Waals surface area contributed by atoms with Crippen molar-refractivity contribution >= 4 is 47.6 Å². The van der Waals surface area contributed by atoms with Gasteiger partial charge in [0.2, 0.25) is 20.0 Å². The molecule has 16 heteroatoms. The van der Waals surface area contributed by atoms with Gasteiger partial charge >= 0.3 is 0 Å². The number of piperidine rings is 3. The smallest absolute Gasteiger partial charge is 0.217 e. The molecule has 12 rings (SSSR count). The third kappa shape index (κ3) is 36.6. The summed E-state index contributed by atoms with van der Waals surface area (Å²) < 4.78 is 68.1. The van der Waals surface area contributed by atoms with Crippen LogP contribution in [0, 0.1) is 94.7 Å². The highest BCUT2D eigenvalue weighted by Gasteiger charge is 2.45. The molecule has 99 heavy (non-hydrogen) atoms. The second kappa shape index (κ2) is 45.7. The minimum atomic E-state index is -2.91. The molecule has 5 saturated carbocycles. The number of hydrogen-bond acceptors (Lipinski definition) is 10. The molecule has 0 aromatic rings. The maximum atomic E-state index is 12.4. The van der Waals surface area contributed by atoms with Gasteiger partial charge in [-0.25, -0.2) is 29.8 Å². The van der Waals surface area contributed by atoms with Gasteiger partial charge in [-0.05, 0) is 307 Å². The fraction of sp³-hybridized carbons (Fsp3) is 0.988. The van der Waals surface area contributed by atoms with Gasteiger partial charge in [0.15, 0.2) is 0 Å². The van der Waals surface area contributed by atoms with Crippen molar-refractivity contribution in [2.24, 2.45) is 94.7 Å². The van der Waals surface area contributed by atoms with E-state index in [1.165, 1.54) is 187 Å². The minimum Gasteiger partial charge on any atom is -0.316 e. The number of nitrogens with one attached hydrogen (secondary N) is 1. The van der Waals surface area contributed by atoms with Crippen LogP contribution in [0.2, 0.25) is 0 Å². The maximum absolute atomic E-state index is 12.4. The maximum Gasteiger partial charge on any atom is 0.217 e. The van der Waals surface area contributed by atoms with E-state index in [9.17, 15) is 21.0 Å². The summed E-state index contributed by atoms with van der Waals surface area (Å²) in [5.41, 5.74) is 0. The Morgan fingerprint density at radius 2 is 0.697 bits per heavy atom. The van der Waals surface area contributed by atoms with Crippen molar-refractivity contribution in [2.75, 3.05) is 105 Å². The minimum absolute atomic E-state index is 0.0255. The average molecular weight is 1470 g/mol. The molecule has 1 N–H and O–H groups in total. The molecule has 0 radical (unpaired) electrons. The molecular weight excluding hydrogens is 1300 g/mol. The third-order valence-electron chi connectivity index (χ3n) is 22.9. The molecule has 0 spiro atoms. The van der Waals surface area contributed by atoms with Crippen molar-refractivity contribution in [3.05, 3.63) is 0 Å². The molecule has 0 aromatic heterocycles. The number of likely N-dealkylation sites (tertiary alicyclic amines) is 2. The first-order chi connectivity index (χ1) is 46.7. The molecule has 586 valence electrons. The zero-order valence-electron chi connectivity index (χ0n) is 68.2. The lowest BCUT2D eigenvalue weighted by atomic mass is 9.80. The average Bonchev–Trinajstić information content (AvgIpc) is 1.66. The quantitative estimate of drug-likeness (QED) is 0.0663. The van der Waals surface area contributed by atoms with Gasteiger partial charge in [-0.2, -0.15) is 0 Å². The van der Waals surface area contributed by atoms with Gasteiger partial charge in [0.1, 0.15) is 0 Å². The van der Waals surface area contributed by atoms with Gasteiger partial charge < -0.3 is 15.1 Å². The topological polar surface area (TPSA) is 117 Å². The molecule has 12 fully saturated rings. The second-order valence-electron chi connectivity index (χ2n) is 37.3. The highest BCUT2D eigenvalue weighted by molar-refractivity contribution is 7.99. The predicted molar refractivity (Wildman–Crippen MR) is 435 cm³/mol. The van der Waals surface area contributed by atoms with Crippen molar-refractivity contribution in [1.29, 1.82) is 0 Å².